The highest BCUT2D eigenvalue weighted by atomic mass is 35.5. The van der Waals surface area contributed by atoms with Gasteiger partial charge < -0.3 is 4.74 Å². The number of rotatable bonds is 3. The number of halogens is 4. The summed E-state index contributed by atoms with van der Waals surface area (Å²) < 4.78 is 41.4. The van der Waals surface area contributed by atoms with Gasteiger partial charge in [-0.2, -0.15) is 18.4 Å². The topological polar surface area (TPSA) is 63.0 Å². The lowest BCUT2D eigenvalue weighted by atomic mass is 10.3. The Morgan fingerprint density at radius 1 is 1.59 bits per heavy atom. The monoisotopic (exact) mass is 284 g/mol. The molecular weight excluding hydrogens is 281 g/mol. The van der Waals surface area contributed by atoms with Crippen molar-refractivity contribution in [3.8, 4) is 6.07 Å². The SMILES string of the molecule is N#CCCOC(=O)c1sc(Cl)nc1C(F)(F)F. The van der Waals surface area contributed by atoms with E-state index in [2.05, 4.69) is 9.72 Å². The molecule has 0 bridgehead atoms. The normalized spacial score (nSPS) is 11.0. The van der Waals surface area contributed by atoms with Gasteiger partial charge in [-0.3, -0.25) is 0 Å². The molecule has 1 rings (SSSR count). The second kappa shape index (κ2) is 5.33. The van der Waals surface area contributed by atoms with Gasteiger partial charge in [-0.05, 0) is 0 Å². The van der Waals surface area contributed by atoms with Crippen molar-refractivity contribution in [2.45, 2.75) is 12.6 Å². The first-order valence-corrected chi connectivity index (χ1v) is 5.33. The van der Waals surface area contributed by atoms with Crippen molar-refractivity contribution in [3.05, 3.63) is 15.0 Å². The summed E-state index contributed by atoms with van der Waals surface area (Å²) in [7, 11) is 0. The van der Waals surface area contributed by atoms with Gasteiger partial charge >= 0.3 is 12.1 Å². The number of ether oxygens (including phenoxy) is 1. The first-order chi connectivity index (χ1) is 7.86. The Morgan fingerprint density at radius 2 is 2.24 bits per heavy atom. The van der Waals surface area contributed by atoms with Gasteiger partial charge in [-0.15, -0.1) is 0 Å². The number of esters is 1. The summed E-state index contributed by atoms with van der Waals surface area (Å²) >= 11 is 5.71. The number of carbonyl (C=O) groups is 1. The summed E-state index contributed by atoms with van der Waals surface area (Å²) in [5.74, 6) is -1.18. The standard InChI is InChI=1S/C8H4ClF3N2O2S/c9-7-14-5(8(10,11)12)4(17-7)6(15)16-3-1-2-13/h1,3H2. The van der Waals surface area contributed by atoms with E-state index in [1.165, 1.54) is 0 Å². The number of nitrogens with zero attached hydrogens (tertiary/aromatic N) is 2. The van der Waals surface area contributed by atoms with Crippen LogP contribution in [0.2, 0.25) is 4.47 Å². The van der Waals surface area contributed by atoms with Gasteiger partial charge in [0, 0.05) is 0 Å². The molecule has 1 heterocycles. The first kappa shape index (κ1) is 13.7. The number of alkyl halides is 3. The minimum atomic E-state index is -4.77. The van der Waals surface area contributed by atoms with E-state index in [0.717, 1.165) is 0 Å². The number of nitriles is 1. The number of carbonyl (C=O) groups excluding carboxylic acids is 1. The lowest BCUT2D eigenvalue weighted by molar-refractivity contribution is -0.141. The van der Waals surface area contributed by atoms with E-state index < -0.39 is 27.2 Å². The van der Waals surface area contributed by atoms with Gasteiger partial charge in [0.25, 0.3) is 0 Å². The third-order valence-electron chi connectivity index (χ3n) is 1.50. The molecule has 0 saturated carbocycles. The van der Waals surface area contributed by atoms with Crippen molar-refractivity contribution in [1.82, 2.24) is 4.98 Å². The predicted octanol–water partition coefficient (Wildman–Crippen LogP) is 2.89. The number of hydrogen-bond acceptors (Lipinski definition) is 5. The van der Waals surface area contributed by atoms with Crippen molar-refractivity contribution in [2.24, 2.45) is 0 Å². The first-order valence-electron chi connectivity index (χ1n) is 4.14. The molecule has 1 aromatic rings. The van der Waals surface area contributed by atoms with Crippen LogP contribution in [0.25, 0.3) is 0 Å². The molecule has 0 aliphatic rings. The molecule has 0 aliphatic carbocycles. The maximum absolute atomic E-state index is 12.4. The Kier molecular flexibility index (Phi) is 4.31. The fourth-order valence-corrected chi connectivity index (χ4v) is 1.90. The molecule has 9 heteroatoms. The fourth-order valence-electron chi connectivity index (χ4n) is 0.879. The fraction of sp³-hybridized carbons (Fsp3) is 0.375. The van der Waals surface area contributed by atoms with E-state index in [4.69, 9.17) is 16.9 Å². The van der Waals surface area contributed by atoms with Crippen molar-refractivity contribution >= 4 is 28.9 Å². The zero-order chi connectivity index (χ0) is 13.1. The van der Waals surface area contributed by atoms with E-state index in [1.807, 2.05) is 0 Å². The number of thiazole rings is 1. The van der Waals surface area contributed by atoms with Gasteiger partial charge in [-0.1, -0.05) is 22.9 Å². The Morgan fingerprint density at radius 3 is 2.76 bits per heavy atom. The van der Waals surface area contributed by atoms with E-state index in [1.54, 1.807) is 6.07 Å². The van der Waals surface area contributed by atoms with Crippen LogP contribution in [0, 0.1) is 11.3 Å². The quantitative estimate of drug-likeness (QED) is 0.632. The summed E-state index contributed by atoms with van der Waals surface area (Å²) in [5, 5.41) is 8.19. The number of hydrogen-bond donors (Lipinski definition) is 0. The summed E-state index contributed by atoms with van der Waals surface area (Å²) in [5.41, 5.74) is -1.37. The van der Waals surface area contributed by atoms with Crippen LogP contribution < -0.4 is 0 Å². The smallest absolute Gasteiger partial charge is 0.435 e. The minimum absolute atomic E-state index is 0.0976. The summed E-state index contributed by atoms with van der Waals surface area (Å²) in [4.78, 5) is 13.6. The van der Waals surface area contributed by atoms with Gasteiger partial charge in [0.05, 0.1) is 12.5 Å². The third kappa shape index (κ3) is 3.57. The zero-order valence-corrected chi connectivity index (χ0v) is 9.62. The van der Waals surface area contributed by atoms with E-state index in [0.29, 0.717) is 11.3 Å². The van der Waals surface area contributed by atoms with Crippen molar-refractivity contribution < 1.29 is 22.7 Å². The molecule has 17 heavy (non-hydrogen) atoms. The molecule has 0 atom stereocenters. The minimum Gasteiger partial charge on any atom is -0.460 e. The molecule has 0 unspecified atom stereocenters. The molecule has 4 nitrogen and oxygen atoms in total. The lowest BCUT2D eigenvalue weighted by Gasteiger charge is -2.05. The molecule has 0 radical (unpaired) electrons. The largest absolute Gasteiger partial charge is 0.460 e. The second-order valence-corrected chi connectivity index (χ2v) is 4.27. The predicted molar refractivity (Wildman–Crippen MR) is 52.6 cm³/mol. The maximum Gasteiger partial charge on any atom is 0.435 e. The maximum atomic E-state index is 12.4. The Labute approximate surface area is 103 Å². The van der Waals surface area contributed by atoms with Crippen molar-refractivity contribution in [3.63, 3.8) is 0 Å². The van der Waals surface area contributed by atoms with Crippen LogP contribution in [0.1, 0.15) is 21.8 Å². The molecule has 0 amide bonds. The molecule has 92 valence electrons. The summed E-state index contributed by atoms with van der Waals surface area (Å²) in [6, 6.07) is 1.69. The highest BCUT2D eigenvalue weighted by Gasteiger charge is 2.40. The highest BCUT2D eigenvalue weighted by Crippen LogP contribution is 2.36. The van der Waals surface area contributed by atoms with Crippen molar-refractivity contribution in [2.75, 3.05) is 6.61 Å². The third-order valence-corrected chi connectivity index (χ3v) is 2.64. The van der Waals surface area contributed by atoms with Gasteiger partial charge in [0.15, 0.2) is 10.2 Å². The van der Waals surface area contributed by atoms with E-state index >= 15 is 0 Å². The second-order valence-electron chi connectivity index (χ2n) is 2.69. The van der Waals surface area contributed by atoms with Gasteiger partial charge in [0.1, 0.15) is 11.5 Å². The Balaban J connectivity index is 2.90. The lowest BCUT2D eigenvalue weighted by Crippen LogP contribution is -2.14. The molecular formula is C8H4ClF3N2O2S. The van der Waals surface area contributed by atoms with Gasteiger partial charge in [0.2, 0.25) is 0 Å². The summed E-state index contributed by atoms with van der Waals surface area (Å²) in [6.07, 6.45) is -4.87. The van der Waals surface area contributed by atoms with Crippen LogP contribution in [0.5, 0.6) is 0 Å². The summed E-state index contributed by atoms with van der Waals surface area (Å²) in [6.45, 7) is -0.276. The molecule has 0 N–H and O–H groups in total. The molecule has 1 aromatic heterocycles. The van der Waals surface area contributed by atoms with Crippen LogP contribution in [-0.4, -0.2) is 17.6 Å². The van der Waals surface area contributed by atoms with E-state index in [9.17, 15) is 18.0 Å². The van der Waals surface area contributed by atoms with Crippen LogP contribution in [-0.2, 0) is 10.9 Å². The van der Waals surface area contributed by atoms with Gasteiger partial charge in [-0.25, -0.2) is 9.78 Å². The molecule has 0 spiro atoms. The zero-order valence-electron chi connectivity index (χ0n) is 8.05. The molecule has 0 aliphatic heterocycles. The highest BCUT2D eigenvalue weighted by molar-refractivity contribution is 7.17. The Hall–Kier alpha value is -1.33. The number of aromatic nitrogens is 1. The van der Waals surface area contributed by atoms with Crippen LogP contribution in [0.15, 0.2) is 0 Å². The van der Waals surface area contributed by atoms with Crippen LogP contribution in [0.4, 0.5) is 13.2 Å². The average Bonchev–Trinajstić information content (AvgIpc) is 2.60. The molecule has 0 aromatic carbocycles. The Bertz CT molecular complexity index is 466. The van der Waals surface area contributed by atoms with E-state index in [-0.39, 0.29) is 13.0 Å². The van der Waals surface area contributed by atoms with Crippen LogP contribution in [0.3, 0.4) is 0 Å². The molecule has 0 saturated heterocycles. The average molecular weight is 285 g/mol. The van der Waals surface area contributed by atoms with Crippen molar-refractivity contribution in [1.29, 1.82) is 5.26 Å². The molecule has 0 fully saturated rings. The van der Waals surface area contributed by atoms with Crippen LogP contribution >= 0.6 is 22.9 Å².